The fourth-order valence-corrected chi connectivity index (χ4v) is 6.20. The summed E-state index contributed by atoms with van der Waals surface area (Å²) in [6.45, 7) is 7.32. The van der Waals surface area contributed by atoms with E-state index < -0.39 is 21.3 Å². The van der Waals surface area contributed by atoms with Crippen LogP contribution < -0.4 is 10.6 Å². The average Bonchev–Trinajstić information content (AvgIpc) is 3.62. The predicted molar refractivity (Wildman–Crippen MR) is 132 cm³/mol. The summed E-state index contributed by atoms with van der Waals surface area (Å²) in [5.41, 5.74) is 3.02. The second kappa shape index (κ2) is 8.90. The number of hydrogen-bond acceptors (Lipinski definition) is 7. The SMILES string of the molecule is CC1=C2C(=NC(c3ccc(NC(=O)NC4CC4)cc3)=NC2N2CCOC[C@@H]2C)CC(C)S1(=O)=O. The van der Waals surface area contributed by atoms with Crippen LogP contribution in [0.5, 0.6) is 0 Å². The Morgan fingerprint density at radius 2 is 1.91 bits per heavy atom. The van der Waals surface area contributed by atoms with Gasteiger partial charge in [0.2, 0.25) is 0 Å². The Bertz CT molecular complexity index is 1180. The third-order valence-corrected chi connectivity index (χ3v) is 9.22. The van der Waals surface area contributed by atoms with Crippen molar-refractivity contribution in [1.82, 2.24) is 10.2 Å². The quantitative estimate of drug-likeness (QED) is 0.681. The van der Waals surface area contributed by atoms with Gasteiger partial charge in [0.05, 0.1) is 29.1 Å². The molecule has 0 spiro atoms. The van der Waals surface area contributed by atoms with E-state index in [1.165, 1.54) is 0 Å². The number of amidine groups is 1. The van der Waals surface area contributed by atoms with Gasteiger partial charge in [-0.2, -0.15) is 0 Å². The van der Waals surface area contributed by atoms with Gasteiger partial charge in [-0.1, -0.05) is 0 Å². The molecule has 10 heteroatoms. The number of rotatable bonds is 4. The van der Waals surface area contributed by atoms with E-state index in [1.807, 2.05) is 24.3 Å². The number of aliphatic imine (C=N–C) groups is 2. The van der Waals surface area contributed by atoms with E-state index >= 15 is 0 Å². The lowest BCUT2D eigenvalue weighted by Gasteiger charge is -2.41. The number of anilines is 1. The summed E-state index contributed by atoms with van der Waals surface area (Å²) >= 11 is 0. The van der Waals surface area contributed by atoms with Crippen LogP contribution in [0.2, 0.25) is 0 Å². The summed E-state index contributed by atoms with van der Waals surface area (Å²) in [4.78, 5) is 24.4. The molecule has 3 aliphatic heterocycles. The summed E-state index contributed by atoms with van der Waals surface area (Å²) in [7, 11) is -3.38. The Hall–Kier alpha value is -2.56. The van der Waals surface area contributed by atoms with Gasteiger partial charge in [0.1, 0.15) is 6.17 Å². The van der Waals surface area contributed by atoms with Crippen LogP contribution in [-0.2, 0) is 14.6 Å². The van der Waals surface area contributed by atoms with Crippen molar-refractivity contribution in [3.8, 4) is 0 Å². The first-order valence-electron chi connectivity index (χ1n) is 11.9. The van der Waals surface area contributed by atoms with E-state index in [0.717, 1.165) is 24.1 Å². The number of urea groups is 1. The largest absolute Gasteiger partial charge is 0.379 e. The number of nitrogens with zero attached hydrogens (tertiary/aromatic N) is 3. The predicted octanol–water partition coefficient (Wildman–Crippen LogP) is 2.70. The number of benzene rings is 1. The number of amides is 2. The lowest BCUT2D eigenvalue weighted by Crippen LogP contribution is -2.52. The molecule has 1 aromatic rings. The first-order valence-corrected chi connectivity index (χ1v) is 13.4. The van der Waals surface area contributed by atoms with Crippen molar-refractivity contribution >= 4 is 33.1 Å². The molecule has 1 aliphatic carbocycles. The number of fused-ring (bicyclic) bond motifs is 1. The van der Waals surface area contributed by atoms with Crippen LogP contribution in [0.1, 0.15) is 45.6 Å². The minimum absolute atomic E-state index is 0.0991. The van der Waals surface area contributed by atoms with Gasteiger partial charge >= 0.3 is 6.03 Å². The van der Waals surface area contributed by atoms with E-state index in [4.69, 9.17) is 14.7 Å². The third-order valence-electron chi connectivity index (χ3n) is 6.92. The summed E-state index contributed by atoms with van der Waals surface area (Å²) in [5, 5.41) is 5.24. The van der Waals surface area contributed by atoms with Crippen molar-refractivity contribution in [2.45, 2.75) is 63.5 Å². The topological polar surface area (TPSA) is 112 Å². The molecule has 5 rings (SSSR count). The molecule has 0 aromatic heterocycles. The van der Waals surface area contributed by atoms with E-state index in [0.29, 0.717) is 54.2 Å². The normalized spacial score (nSPS) is 29.1. The number of hydrogen-bond donors (Lipinski definition) is 2. The maximum Gasteiger partial charge on any atom is 0.319 e. The first-order chi connectivity index (χ1) is 16.2. The fraction of sp³-hybridized carbons (Fsp3) is 0.542. The van der Waals surface area contributed by atoms with Gasteiger partial charge in [-0.05, 0) is 57.9 Å². The number of carbonyl (C=O) groups is 1. The van der Waals surface area contributed by atoms with Crippen LogP contribution in [0.25, 0.3) is 0 Å². The molecule has 1 saturated heterocycles. The van der Waals surface area contributed by atoms with Crippen molar-refractivity contribution < 1.29 is 17.9 Å². The zero-order valence-corrected chi connectivity index (χ0v) is 20.6. The van der Waals surface area contributed by atoms with E-state index in [2.05, 4.69) is 22.5 Å². The number of sulfone groups is 1. The average molecular weight is 486 g/mol. The second-order valence-electron chi connectivity index (χ2n) is 9.53. The molecule has 182 valence electrons. The Labute approximate surface area is 200 Å². The molecular formula is C24H31N5O4S. The highest BCUT2D eigenvalue weighted by Crippen LogP contribution is 2.36. The van der Waals surface area contributed by atoms with Gasteiger partial charge in [0.25, 0.3) is 0 Å². The van der Waals surface area contributed by atoms with Gasteiger partial charge < -0.3 is 15.4 Å². The lowest BCUT2D eigenvalue weighted by molar-refractivity contribution is -0.0128. The number of allylic oxidation sites excluding steroid dienone is 1. The molecule has 3 heterocycles. The van der Waals surface area contributed by atoms with Gasteiger partial charge in [-0.3, -0.25) is 4.90 Å². The second-order valence-corrected chi connectivity index (χ2v) is 12.0. The van der Waals surface area contributed by atoms with E-state index in [-0.39, 0.29) is 12.1 Å². The number of morpholine rings is 1. The molecule has 3 atom stereocenters. The molecule has 2 amide bonds. The monoisotopic (exact) mass is 485 g/mol. The van der Waals surface area contributed by atoms with Crippen LogP contribution in [0.15, 0.2) is 44.7 Å². The van der Waals surface area contributed by atoms with Crippen molar-refractivity contribution in [2.75, 3.05) is 25.1 Å². The molecule has 2 unspecified atom stereocenters. The van der Waals surface area contributed by atoms with Crippen molar-refractivity contribution in [3.05, 3.63) is 40.3 Å². The zero-order chi connectivity index (χ0) is 24.0. The molecule has 2 fully saturated rings. The van der Waals surface area contributed by atoms with Crippen LogP contribution >= 0.6 is 0 Å². The minimum Gasteiger partial charge on any atom is -0.379 e. The van der Waals surface area contributed by atoms with Gasteiger partial charge in [-0.15, -0.1) is 0 Å². The van der Waals surface area contributed by atoms with Crippen molar-refractivity contribution in [3.63, 3.8) is 0 Å². The third kappa shape index (κ3) is 4.42. The molecular weight excluding hydrogens is 454 g/mol. The van der Waals surface area contributed by atoms with Crippen LogP contribution in [-0.4, -0.2) is 74.2 Å². The summed E-state index contributed by atoms with van der Waals surface area (Å²) in [6, 6.07) is 7.64. The number of ether oxygens (including phenoxy) is 1. The molecule has 1 aromatic carbocycles. The molecule has 1 saturated carbocycles. The standard InChI is InChI=1S/C24H31N5O4S/c1-14-13-33-11-10-29(14)23-21-16(3)34(31,32)15(2)12-20(21)27-22(28-23)17-4-6-18(7-5-17)25-24(30)26-19-8-9-19/h4-7,14-15,19,23H,8-13H2,1-3H3,(H2,25,26,30)/t14-,15?,23?/m0/s1. The highest BCUT2D eigenvalue weighted by atomic mass is 32.2. The van der Waals surface area contributed by atoms with Crippen molar-refractivity contribution in [1.29, 1.82) is 0 Å². The zero-order valence-electron chi connectivity index (χ0n) is 19.7. The summed E-state index contributed by atoms with van der Waals surface area (Å²) in [5.74, 6) is 0.579. The van der Waals surface area contributed by atoms with Crippen molar-refractivity contribution in [2.24, 2.45) is 9.98 Å². The Morgan fingerprint density at radius 3 is 2.59 bits per heavy atom. The van der Waals surface area contributed by atoms with Gasteiger partial charge in [0.15, 0.2) is 15.7 Å². The summed E-state index contributed by atoms with van der Waals surface area (Å²) < 4.78 is 31.6. The smallest absolute Gasteiger partial charge is 0.319 e. The highest BCUT2D eigenvalue weighted by molar-refractivity contribution is 7.96. The molecule has 34 heavy (non-hydrogen) atoms. The molecule has 0 bridgehead atoms. The number of nitrogens with one attached hydrogen (secondary N) is 2. The lowest BCUT2D eigenvalue weighted by atomic mass is 9.98. The van der Waals surface area contributed by atoms with E-state index in [1.54, 1.807) is 13.8 Å². The fourth-order valence-electron chi connectivity index (χ4n) is 4.69. The number of carbonyl (C=O) groups excluding carboxylic acids is 1. The van der Waals surface area contributed by atoms with Crippen LogP contribution in [0.4, 0.5) is 10.5 Å². The van der Waals surface area contributed by atoms with Crippen LogP contribution in [0.3, 0.4) is 0 Å². The minimum atomic E-state index is -3.38. The summed E-state index contributed by atoms with van der Waals surface area (Å²) in [6.07, 6.45) is 2.01. The Morgan fingerprint density at radius 1 is 1.18 bits per heavy atom. The van der Waals surface area contributed by atoms with Crippen LogP contribution in [0, 0.1) is 0 Å². The molecule has 0 radical (unpaired) electrons. The van der Waals surface area contributed by atoms with Gasteiger partial charge in [0, 0.05) is 41.9 Å². The highest BCUT2D eigenvalue weighted by Gasteiger charge is 2.42. The molecule has 2 N–H and O–H groups in total. The van der Waals surface area contributed by atoms with E-state index in [9.17, 15) is 13.2 Å². The Kier molecular flexibility index (Phi) is 6.07. The Balaban J connectivity index is 1.48. The molecule has 4 aliphatic rings. The molecule has 9 nitrogen and oxygen atoms in total. The maximum absolute atomic E-state index is 13.0. The van der Waals surface area contributed by atoms with Gasteiger partial charge in [-0.25, -0.2) is 23.2 Å². The first kappa shape index (κ1) is 23.2. The maximum atomic E-state index is 13.0.